The van der Waals surface area contributed by atoms with Crippen LogP contribution in [0.1, 0.15) is 51.0 Å². The molecule has 0 spiro atoms. The lowest BCUT2D eigenvalue weighted by atomic mass is 10.0. The van der Waals surface area contributed by atoms with Gasteiger partial charge in [0, 0.05) is 12.5 Å². The van der Waals surface area contributed by atoms with Gasteiger partial charge in [0.15, 0.2) is 0 Å². The van der Waals surface area contributed by atoms with Crippen LogP contribution in [-0.4, -0.2) is 13.2 Å². The highest BCUT2D eigenvalue weighted by Gasteiger charge is 2.03. The van der Waals surface area contributed by atoms with Crippen LogP contribution in [0.5, 0.6) is 0 Å². The Morgan fingerprint density at radius 3 is 2.50 bits per heavy atom. The second-order valence-electron chi connectivity index (χ2n) is 4.45. The van der Waals surface area contributed by atoms with Crippen LogP contribution in [0.25, 0.3) is 0 Å². The number of unbranched alkanes of at least 4 members (excludes halogenated alkanes) is 3. The third kappa shape index (κ3) is 5.32. The van der Waals surface area contributed by atoms with E-state index < -0.39 is 0 Å². The minimum Gasteiger partial charge on any atom is -0.381 e. The van der Waals surface area contributed by atoms with Gasteiger partial charge >= 0.3 is 0 Å². The third-order valence-corrected chi connectivity index (χ3v) is 2.88. The van der Waals surface area contributed by atoms with Crippen LogP contribution in [0.4, 0.5) is 0 Å². The Labute approximate surface area is 99.8 Å². The molecule has 0 bridgehead atoms. The van der Waals surface area contributed by atoms with Crippen LogP contribution >= 0.6 is 0 Å². The minimum atomic E-state index is 0.507. The van der Waals surface area contributed by atoms with Crippen LogP contribution in [-0.2, 0) is 4.74 Å². The van der Waals surface area contributed by atoms with Gasteiger partial charge in [-0.25, -0.2) is 0 Å². The highest BCUT2D eigenvalue weighted by Crippen LogP contribution is 2.14. The van der Waals surface area contributed by atoms with Gasteiger partial charge in [-0.1, -0.05) is 63.4 Å². The molecule has 0 N–H and O–H groups in total. The monoisotopic (exact) mass is 220 g/mol. The summed E-state index contributed by atoms with van der Waals surface area (Å²) in [7, 11) is 0. The Morgan fingerprint density at radius 2 is 1.81 bits per heavy atom. The largest absolute Gasteiger partial charge is 0.381 e. The fraction of sp³-hybridized carbons (Fsp3) is 0.600. The van der Waals surface area contributed by atoms with Crippen molar-refractivity contribution < 1.29 is 4.74 Å². The highest BCUT2D eigenvalue weighted by molar-refractivity contribution is 5.18. The summed E-state index contributed by atoms with van der Waals surface area (Å²) in [6, 6.07) is 10.6. The highest BCUT2D eigenvalue weighted by atomic mass is 16.5. The van der Waals surface area contributed by atoms with E-state index in [-0.39, 0.29) is 0 Å². The molecular formula is C15H24O. The number of hydrogen-bond donors (Lipinski definition) is 0. The van der Waals surface area contributed by atoms with Crippen LogP contribution in [0.3, 0.4) is 0 Å². The van der Waals surface area contributed by atoms with E-state index in [4.69, 9.17) is 4.74 Å². The van der Waals surface area contributed by atoms with E-state index in [9.17, 15) is 0 Å². The molecule has 0 heterocycles. The molecule has 0 saturated carbocycles. The summed E-state index contributed by atoms with van der Waals surface area (Å²) in [4.78, 5) is 0. The average Bonchev–Trinajstić information content (AvgIpc) is 2.34. The first-order valence-electron chi connectivity index (χ1n) is 6.47. The summed E-state index contributed by atoms with van der Waals surface area (Å²) in [5.74, 6) is 0.507. The quantitative estimate of drug-likeness (QED) is 0.590. The molecule has 1 unspecified atom stereocenters. The summed E-state index contributed by atoms with van der Waals surface area (Å²) in [5.41, 5.74) is 1.37. The zero-order valence-electron chi connectivity index (χ0n) is 10.6. The topological polar surface area (TPSA) is 9.23 Å². The van der Waals surface area contributed by atoms with Crippen molar-refractivity contribution in [2.24, 2.45) is 0 Å². The van der Waals surface area contributed by atoms with Gasteiger partial charge in [0.2, 0.25) is 0 Å². The molecule has 0 fully saturated rings. The van der Waals surface area contributed by atoms with Crippen molar-refractivity contribution >= 4 is 0 Å². The maximum absolute atomic E-state index is 5.70. The van der Waals surface area contributed by atoms with Crippen molar-refractivity contribution in [3.63, 3.8) is 0 Å². The first-order valence-corrected chi connectivity index (χ1v) is 6.47. The predicted octanol–water partition coefficient (Wildman–Crippen LogP) is 4.39. The summed E-state index contributed by atoms with van der Waals surface area (Å²) < 4.78 is 5.70. The van der Waals surface area contributed by atoms with Gasteiger partial charge in [-0.3, -0.25) is 0 Å². The van der Waals surface area contributed by atoms with Gasteiger partial charge in [-0.05, 0) is 12.0 Å². The van der Waals surface area contributed by atoms with E-state index in [1.165, 1.54) is 31.2 Å². The Bertz CT molecular complexity index is 255. The van der Waals surface area contributed by atoms with Crippen molar-refractivity contribution in [1.82, 2.24) is 0 Å². The van der Waals surface area contributed by atoms with Gasteiger partial charge in [-0.15, -0.1) is 0 Å². The van der Waals surface area contributed by atoms with Crippen LogP contribution in [0.2, 0.25) is 0 Å². The Kier molecular flexibility index (Phi) is 6.91. The molecular weight excluding hydrogens is 196 g/mol. The number of hydrogen-bond acceptors (Lipinski definition) is 1. The fourth-order valence-corrected chi connectivity index (χ4v) is 1.77. The Balaban J connectivity index is 2.09. The van der Waals surface area contributed by atoms with E-state index in [2.05, 4.69) is 44.2 Å². The zero-order valence-corrected chi connectivity index (χ0v) is 10.6. The standard InChI is InChI=1S/C15H24O/c1-3-4-5-9-12-16-13-14(2)15-10-7-6-8-11-15/h6-8,10-11,14H,3-5,9,12-13H2,1-2H3. The van der Waals surface area contributed by atoms with Crippen molar-refractivity contribution in [3.8, 4) is 0 Å². The summed E-state index contributed by atoms with van der Waals surface area (Å²) in [6.07, 6.45) is 5.13. The van der Waals surface area contributed by atoms with E-state index in [0.29, 0.717) is 5.92 Å². The molecule has 1 heteroatoms. The molecule has 1 aromatic carbocycles. The normalized spacial score (nSPS) is 12.6. The van der Waals surface area contributed by atoms with Crippen LogP contribution in [0.15, 0.2) is 30.3 Å². The Hall–Kier alpha value is -0.820. The first-order chi connectivity index (χ1) is 7.84. The molecule has 0 amide bonds. The molecule has 0 aliphatic carbocycles. The average molecular weight is 220 g/mol. The zero-order chi connectivity index (χ0) is 11.6. The molecule has 0 radical (unpaired) electrons. The second-order valence-corrected chi connectivity index (χ2v) is 4.45. The molecule has 0 aromatic heterocycles. The van der Waals surface area contributed by atoms with Gasteiger partial charge in [0.05, 0.1) is 6.61 Å². The number of benzene rings is 1. The maximum atomic E-state index is 5.70. The smallest absolute Gasteiger partial charge is 0.0532 e. The molecule has 90 valence electrons. The lowest BCUT2D eigenvalue weighted by molar-refractivity contribution is 0.119. The number of rotatable bonds is 8. The molecule has 16 heavy (non-hydrogen) atoms. The third-order valence-electron chi connectivity index (χ3n) is 2.88. The van der Waals surface area contributed by atoms with Crippen molar-refractivity contribution in [1.29, 1.82) is 0 Å². The summed E-state index contributed by atoms with van der Waals surface area (Å²) in [5, 5.41) is 0. The molecule has 1 rings (SSSR count). The molecule has 1 atom stereocenters. The molecule has 0 aliphatic heterocycles. The van der Waals surface area contributed by atoms with Gasteiger partial charge < -0.3 is 4.74 Å². The minimum absolute atomic E-state index is 0.507. The van der Waals surface area contributed by atoms with Crippen molar-refractivity contribution in [2.75, 3.05) is 13.2 Å². The lowest BCUT2D eigenvalue weighted by Gasteiger charge is -2.12. The first kappa shape index (κ1) is 13.2. The summed E-state index contributed by atoms with van der Waals surface area (Å²) >= 11 is 0. The second kappa shape index (κ2) is 8.35. The molecule has 0 aliphatic rings. The molecule has 0 saturated heterocycles. The maximum Gasteiger partial charge on any atom is 0.0532 e. The van der Waals surface area contributed by atoms with E-state index in [1.54, 1.807) is 0 Å². The molecule has 1 aromatic rings. The van der Waals surface area contributed by atoms with E-state index >= 15 is 0 Å². The van der Waals surface area contributed by atoms with Crippen LogP contribution in [0, 0.1) is 0 Å². The predicted molar refractivity (Wildman–Crippen MR) is 69.8 cm³/mol. The van der Waals surface area contributed by atoms with Gasteiger partial charge in [0.25, 0.3) is 0 Å². The number of ether oxygens (including phenoxy) is 1. The van der Waals surface area contributed by atoms with E-state index in [1.807, 2.05) is 0 Å². The molecule has 1 nitrogen and oxygen atoms in total. The van der Waals surface area contributed by atoms with E-state index in [0.717, 1.165) is 13.2 Å². The van der Waals surface area contributed by atoms with Crippen molar-refractivity contribution in [2.45, 2.75) is 45.4 Å². The van der Waals surface area contributed by atoms with Crippen LogP contribution < -0.4 is 0 Å². The lowest BCUT2D eigenvalue weighted by Crippen LogP contribution is -2.05. The van der Waals surface area contributed by atoms with Gasteiger partial charge in [0.1, 0.15) is 0 Å². The van der Waals surface area contributed by atoms with Crippen molar-refractivity contribution in [3.05, 3.63) is 35.9 Å². The SMILES string of the molecule is CCCCCCOCC(C)c1ccccc1. The van der Waals surface area contributed by atoms with Gasteiger partial charge in [-0.2, -0.15) is 0 Å². The fourth-order valence-electron chi connectivity index (χ4n) is 1.77. The Morgan fingerprint density at radius 1 is 1.06 bits per heavy atom. The summed E-state index contributed by atoms with van der Waals surface area (Å²) in [6.45, 7) is 6.22.